The second-order valence-corrected chi connectivity index (χ2v) is 4.93. The van der Waals surface area contributed by atoms with Crippen LogP contribution in [-0.4, -0.2) is 41.5 Å². The number of carbonyl (C=O) groups excluding carboxylic acids is 1. The number of anilines is 1. The van der Waals surface area contributed by atoms with Gasteiger partial charge in [-0.1, -0.05) is 32.0 Å². The van der Waals surface area contributed by atoms with Crippen LogP contribution in [0.1, 0.15) is 20.3 Å². The molecule has 0 fully saturated rings. The lowest BCUT2D eigenvalue weighted by Gasteiger charge is -2.25. The van der Waals surface area contributed by atoms with Crippen LogP contribution in [0.4, 0.5) is 5.69 Å². The average molecular weight is 278 g/mol. The van der Waals surface area contributed by atoms with Gasteiger partial charge in [-0.3, -0.25) is 9.59 Å². The Labute approximate surface area is 119 Å². The number of amides is 1. The Balaban J connectivity index is 2.64. The molecule has 0 saturated heterocycles. The molecule has 5 heteroatoms. The summed E-state index contributed by atoms with van der Waals surface area (Å²) in [5, 5.41) is 12.1. The molecule has 2 atom stereocenters. The van der Waals surface area contributed by atoms with Gasteiger partial charge in [-0.05, 0) is 18.6 Å². The van der Waals surface area contributed by atoms with Crippen LogP contribution in [0.25, 0.3) is 0 Å². The number of carboxylic acids is 1. The van der Waals surface area contributed by atoms with E-state index in [2.05, 4.69) is 5.32 Å². The topological polar surface area (TPSA) is 69.6 Å². The number of hydrogen-bond acceptors (Lipinski definition) is 3. The van der Waals surface area contributed by atoms with E-state index in [1.54, 1.807) is 14.0 Å². The molecule has 0 aliphatic carbocycles. The van der Waals surface area contributed by atoms with E-state index in [0.717, 1.165) is 5.69 Å². The Morgan fingerprint density at radius 3 is 2.40 bits per heavy atom. The van der Waals surface area contributed by atoms with Gasteiger partial charge in [0.25, 0.3) is 0 Å². The summed E-state index contributed by atoms with van der Waals surface area (Å²) in [6, 6.07) is 9.16. The molecule has 1 aromatic rings. The van der Waals surface area contributed by atoms with Crippen molar-refractivity contribution in [2.24, 2.45) is 5.92 Å². The minimum atomic E-state index is -0.895. The number of para-hydroxylation sites is 1. The molecule has 1 amide bonds. The number of nitrogens with one attached hydrogen (secondary N) is 1. The molecule has 1 rings (SSSR count). The fourth-order valence-corrected chi connectivity index (χ4v) is 1.92. The summed E-state index contributed by atoms with van der Waals surface area (Å²) >= 11 is 0. The molecule has 0 bridgehead atoms. The number of rotatable bonds is 7. The van der Waals surface area contributed by atoms with Crippen molar-refractivity contribution in [2.75, 3.05) is 18.9 Å². The monoisotopic (exact) mass is 278 g/mol. The molecule has 0 saturated carbocycles. The fourth-order valence-electron chi connectivity index (χ4n) is 1.92. The Hall–Kier alpha value is -2.04. The molecule has 0 spiro atoms. The quantitative estimate of drug-likeness (QED) is 0.801. The van der Waals surface area contributed by atoms with Gasteiger partial charge in [0.05, 0.1) is 5.92 Å². The first-order valence-corrected chi connectivity index (χ1v) is 6.75. The van der Waals surface area contributed by atoms with Crippen molar-refractivity contribution in [3.63, 3.8) is 0 Å². The molecule has 0 radical (unpaired) electrons. The molecule has 2 unspecified atom stereocenters. The SMILES string of the molecule is CCC(Nc1ccccc1)C(=O)N(C)CC(C)C(=O)O. The largest absolute Gasteiger partial charge is 0.481 e. The zero-order chi connectivity index (χ0) is 15.1. The summed E-state index contributed by atoms with van der Waals surface area (Å²) in [5.41, 5.74) is 0.882. The highest BCUT2D eigenvalue weighted by Crippen LogP contribution is 2.11. The van der Waals surface area contributed by atoms with Crippen molar-refractivity contribution < 1.29 is 14.7 Å². The maximum atomic E-state index is 12.3. The molecule has 1 aromatic carbocycles. The molecular weight excluding hydrogens is 256 g/mol. The molecule has 0 aliphatic heterocycles. The minimum Gasteiger partial charge on any atom is -0.481 e. The van der Waals surface area contributed by atoms with Crippen LogP contribution in [0, 0.1) is 5.92 Å². The van der Waals surface area contributed by atoms with Gasteiger partial charge in [0.2, 0.25) is 5.91 Å². The van der Waals surface area contributed by atoms with Crippen molar-refractivity contribution in [1.29, 1.82) is 0 Å². The van der Waals surface area contributed by atoms with Crippen molar-refractivity contribution in [2.45, 2.75) is 26.3 Å². The first-order valence-electron chi connectivity index (χ1n) is 6.75. The van der Waals surface area contributed by atoms with Crippen LogP contribution < -0.4 is 5.32 Å². The van der Waals surface area contributed by atoms with Crippen molar-refractivity contribution >= 4 is 17.6 Å². The molecule has 2 N–H and O–H groups in total. The summed E-state index contributed by atoms with van der Waals surface area (Å²) in [4.78, 5) is 24.6. The lowest BCUT2D eigenvalue weighted by Crippen LogP contribution is -2.43. The van der Waals surface area contributed by atoms with E-state index in [1.807, 2.05) is 37.3 Å². The van der Waals surface area contributed by atoms with E-state index in [0.29, 0.717) is 6.42 Å². The Morgan fingerprint density at radius 1 is 1.30 bits per heavy atom. The number of nitrogens with zero attached hydrogens (tertiary/aromatic N) is 1. The van der Waals surface area contributed by atoms with E-state index in [-0.39, 0.29) is 18.5 Å². The zero-order valence-corrected chi connectivity index (χ0v) is 12.2. The maximum absolute atomic E-state index is 12.3. The van der Waals surface area contributed by atoms with Gasteiger partial charge in [-0.25, -0.2) is 0 Å². The van der Waals surface area contributed by atoms with E-state index in [9.17, 15) is 9.59 Å². The van der Waals surface area contributed by atoms with Gasteiger partial charge in [-0.15, -0.1) is 0 Å². The smallest absolute Gasteiger partial charge is 0.308 e. The van der Waals surface area contributed by atoms with Crippen molar-refractivity contribution in [1.82, 2.24) is 4.90 Å². The third-order valence-electron chi connectivity index (χ3n) is 3.17. The van der Waals surface area contributed by atoms with Gasteiger partial charge in [0, 0.05) is 19.3 Å². The molecule has 110 valence electrons. The molecular formula is C15H22N2O3. The van der Waals surface area contributed by atoms with Crippen LogP contribution in [0.3, 0.4) is 0 Å². The Bertz CT molecular complexity index is 448. The van der Waals surface area contributed by atoms with Crippen LogP contribution in [0.5, 0.6) is 0 Å². The minimum absolute atomic E-state index is 0.0931. The normalized spacial score (nSPS) is 13.3. The lowest BCUT2D eigenvalue weighted by atomic mass is 10.1. The highest BCUT2D eigenvalue weighted by atomic mass is 16.4. The van der Waals surface area contributed by atoms with E-state index in [4.69, 9.17) is 5.11 Å². The summed E-state index contributed by atoms with van der Waals surface area (Å²) < 4.78 is 0. The first kappa shape index (κ1) is 16.0. The van der Waals surface area contributed by atoms with Crippen LogP contribution >= 0.6 is 0 Å². The molecule has 0 heterocycles. The summed E-state index contributed by atoms with van der Waals surface area (Å²) in [6.07, 6.45) is 0.638. The summed E-state index contributed by atoms with van der Waals surface area (Å²) in [5.74, 6) is -1.56. The Kier molecular flexibility index (Phi) is 6.03. The fraction of sp³-hybridized carbons (Fsp3) is 0.467. The Morgan fingerprint density at radius 2 is 1.90 bits per heavy atom. The third-order valence-corrected chi connectivity index (χ3v) is 3.17. The van der Waals surface area contributed by atoms with Gasteiger partial charge in [0.1, 0.15) is 6.04 Å². The van der Waals surface area contributed by atoms with Crippen molar-refractivity contribution in [3.05, 3.63) is 30.3 Å². The molecule has 0 aliphatic rings. The first-order chi connectivity index (χ1) is 9.45. The summed E-state index contributed by atoms with van der Waals surface area (Å²) in [7, 11) is 1.64. The molecule has 20 heavy (non-hydrogen) atoms. The highest BCUT2D eigenvalue weighted by molar-refractivity contribution is 5.85. The highest BCUT2D eigenvalue weighted by Gasteiger charge is 2.23. The van der Waals surface area contributed by atoms with E-state index >= 15 is 0 Å². The van der Waals surface area contributed by atoms with Crippen LogP contribution in [-0.2, 0) is 9.59 Å². The second-order valence-electron chi connectivity index (χ2n) is 4.93. The van der Waals surface area contributed by atoms with Gasteiger partial charge >= 0.3 is 5.97 Å². The van der Waals surface area contributed by atoms with Gasteiger partial charge in [-0.2, -0.15) is 0 Å². The van der Waals surface area contributed by atoms with Crippen LogP contribution in [0.2, 0.25) is 0 Å². The summed E-state index contributed by atoms with van der Waals surface area (Å²) in [6.45, 7) is 3.73. The maximum Gasteiger partial charge on any atom is 0.308 e. The average Bonchev–Trinajstić information content (AvgIpc) is 2.44. The standard InChI is InChI=1S/C15H22N2O3/c1-4-13(16-12-8-6-5-7-9-12)14(18)17(3)10-11(2)15(19)20/h5-9,11,13,16H,4,10H2,1-3H3,(H,19,20). The lowest BCUT2D eigenvalue weighted by molar-refractivity contribution is -0.142. The van der Waals surface area contributed by atoms with E-state index < -0.39 is 11.9 Å². The van der Waals surface area contributed by atoms with Crippen molar-refractivity contribution in [3.8, 4) is 0 Å². The molecule has 0 aromatic heterocycles. The third kappa shape index (κ3) is 4.57. The van der Waals surface area contributed by atoms with Crippen LogP contribution in [0.15, 0.2) is 30.3 Å². The number of carbonyl (C=O) groups is 2. The van der Waals surface area contributed by atoms with E-state index in [1.165, 1.54) is 4.90 Å². The molecule has 5 nitrogen and oxygen atoms in total. The predicted octanol–water partition coefficient (Wildman–Crippen LogP) is 2.06. The number of likely N-dealkylation sites (N-methyl/N-ethyl adjacent to an activating group) is 1. The zero-order valence-electron chi connectivity index (χ0n) is 12.2. The van der Waals surface area contributed by atoms with Gasteiger partial charge in [0.15, 0.2) is 0 Å². The predicted molar refractivity (Wildman–Crippen MR) is 78.6 cm³/mol. The van der Waals surface area contributed by atoms with Gasteiger partial charge < -0.3 is 15.3 Å². The number of aliphatic carboxylic acids is 1. The number of hydrogen-bond donors (Lipinski definition) is 2. The second kappa shape index (κ2) is 7.53. The number of carboxylic acid groups (broad SMARTS) is 1. The number of benzene rings is 1.